The van der Waals surface area contributed by atoms with E-state index in [2.05, 4.69) is 30.7 Å². The van der Waals surface area contributed by atoms with Crippen molar-refractivity contribution in [2.24, 2.45) is 0 Å². The fraction of sp³-hybridized carbons (Fsp3) is 0.400. The van der Waals surface area contributed by atoms with E-state index in [1.54, 1.807) is 7.11 Å². The molecule has 1 aromatic carbocycles. The van der Waals surface area contributed by atoms with Crippen molar-refractivity contribution < 1.29 is 14.2 Å². The first kappa shape index (κ1) is 12.8. The maximum Gasteiger partial charge on any atom is 0.231 e. The predicted octanol–water partition coefficient (Wildman–Crippen LogP) is 3.11. The van der Waals surface area contributed by atoms with Crippen molar-refractivity contribution in [2.75, 3.05) is 13.9 Å². The molecule has 0 bridgehead atoms. The van der Waals surface area contributed by atoms with Crippen molar-refractivity contribution in [2.45, 2.75) is 26.2 Å². The van der Waals surface area contributed by atoms with Gasteiger partial charge in [-0.25, -0.2) is 4.98 Å². The molecule has 2 heterocycles. The van der Waals surface area contributed by atoms with Crippen LogP contribution in [0.1, 0.15) is 26.6 Å². The van der Waals surface area contributed by atoms with Crippen LogP contribution in [0.3, 0.4) is 0 Å². The number of methoxy groups -OCH3 is 1. The standard InChI is InChI=1S/C15H18N2O3/c1-15(2,3)14-16-7-10(17-14)9-5-12-13(20-8-19-12)6-11(9)18-4/h5-7H,8H2,1-4H3,(H,16,17). The average Bonchev–Trinajstić information content (AvgIpc) is 3.04. The van der Waals surface area contributed by atoms with E-state index in [0.717, 1.165) is 28.6 Å². The summed E-state index contributed by atoms with van der Waals surface area (Å²) in [5.41, 5.74) is 1.80. The summed E-state index contributed by atoms with van der Waals surface area (Å²) in [6, 6.07) is 3.76. The van der Waals surface area contributed by atoms with Gasteiger partial charge in [-0.05, 0) is 6.07 Å². The number of rotatable bonds is 2. The van der Waals surface area contributed by atoms with Gasteiger partial charge >= 0.3 is 0 Å². The van der Waals surface area contributed by atoms with Crippen LogP contribution in [0.15, 0.2) is 18.3 Å². The van der Waals surface area contributed by atoms with E-state index in [1.807, 2.05) is 18.3 Å². The van der Waals surface area contributed by atoms with Gasteiger partial charge in [0, 0.05) is 17.0 Å². The maximum absolute atomic E-state index is 5.44. The molecule has 5 heteroatoms. The minimum atomic E-state index is -0.0260. The monoisotopic (exact) mass is 274 g/mol. The van der Waals surface area contributed by atoms with Crippen LogP contribution >= 0.6 is 0 Å². The summed E-state index contributed by atoms with van der Waals surface area (Å²) in [7, 11) is 1.64. The Hall–Kier alpha value is -2.17. The lowest BCUT2D eigenvalue weighted by Gasteiger charge is -2.14. The van der Waals surface area contributed by atoms with Crippen LogP contribution in [-0.2, 0) is 5.41 Å². The molecule has 1 aliphatic rings. The highest BCUT2D eigenvalue weighted by atomic mass is 16.7. The minimum absolute atomic E-state index is 0.0260. The molecule has 0 aliphatic carbocycles. The highest BCUT2D eigenvalue weighted by Crippen LogP contribution is 2.42. The number of nitrogens with zero attached hydrogens (tertiary/aromatic N) is 1. The molecule has 0 radical (unpaired) electrons. The first-order valence-electron chi connectivity index (χ1n) is 6.52. The largest absolute Gasteiger partial charge is 0.496 e. The summed E-state index contributed by atoms with van der Waals surface area (Å²) in [5.74, 6) is 3.11. The smallest absolute Gasteiger partial charge is 0.231 e. The zero-order valence-corrected chi connectivity index (χ0v) is 12.1. The molecule has 0 fully saturated rings. The molecule has 0 spiro atoms. The number of fused-ring (bicyclic) bond motifs is 1. The number of benzene rings is 1. The van der Waals surface area contributed by atoms with Gasteiger partial charge in [-0.15, -0.1) is 0 Å². The van der Waals surface area contributed by atoms with Crippen LogP contribution in [0, 0.1) is 0 Å². The van der Waals surface area contributed by atoms with Gasteiger partial charge in [-0.2, -0.15) is 0 Å². The minimum Gasteiger partial charge on any atom is -0.496 e. The van der Waals surface area contributed by atoms with E-state index >= 15 is 0 Å². The van der Waals surface area contributed by atoms with Gasteiger partial charge in [0.15, 0.2) is 11.5 Å². The summed E-state index contributed by atoms with van der Waals surface area (Å²) in [6.45, 7) is 6.60. The Morgan fingerprint density at radius 3 is 2.50 bits per heavy atom. The van der Waals surface area contributed by atoms with Gasteiger partial charge in [0.05, 0.1) is 19.0 Å². The Morgan fingerprint density at radius 2 is 1.90 bits per heavy atom. The SMILES string of the molecule is COc1cc2c(cc1-c1cnc(C(C)(C)C)[nH]1)OCO2. The van der Waals surface area contributed by atoms with Crippen molar-refractivity contribution >= 4 is 0 Å². The molecule has 0 unspecified atom stereocenters. The summed E-state index contributed by atoms with van der Waals surface area (Å²) in [4.78, 5) is 7.80. The maximum atomic E-state index is 5.44. The summed E-state index contributed by atoms with van der Waals surface area (Å²) in [6.07, 6.45) is 1.82. The fourth-order valence-electron chi connectivity index (χ4n) is 2.14. The van der Waals surface area contributed by atoms with E-state index in [0.29, 0.717) is 5.75 Å². The molecule has 0 saturated heterocycles. The molecule has 0 saturated carbocycles. The van der Waals surface area contributed by atoms with Gasteiger partial charge in [-0.1, -0.05) is 20.8 Å². The third kappa shape index (κ3) is 2.09. The topological polar surface area (TPSA) is 56.4 Å². The van der Waals surface area contributed by atoms with Crippen LogP contribution in [-0.4, -0.2) is 23.9 Å². The molecular formula is C15H18N2O3. The molecule has 2 aromatic rings. The van der Waals surface area contributed by atoms with Crippen LogP contribution < -0.4 is 14.2 Å². The number of H-pyrrole nitrogens is 1. The molecule has 1 aliphatic heterocycles. The molecule has 0 amide bonds. The Labute approximate surface area is 117 Å². The molecule has 20 heavy (non-hydrogen) atoms. The quantitative estimate of drug-likeness (QED) is 0.914. The van der Waals surface area contributed by atoms with Gasteiger partial charge < -0.3 is 19.2 Å². The lowest BCUT2D eigenvalue weighted by Crippen LogP contribution is -2.13. The van der Waals surface area contributed by atoms with Gasteiger partial charge in [-0.3, -0.25) is 0 Å². The first-order chi connectivity index (χ1) is 9.49. The van der Waals surface area contributed by atoms with E-state index in [-0.39, 0.29) is 12.2 Å². The Bertz CT molecular complexity index is 641. The Morgan fingerprint density at radius 1 is 1.20 bits per heavy atom. The lowest BCUT2D eigenvalue weighted by molar-refractivity contribution is 0.174. The molecule has 0 atom stereocenters. The molecule has 106 valence electrons. The van der Waals surface area contributed by atoms with E-state index in [4.69, 9.17) is 14.2 Å². The van der Waals surface area contributed by atoms with E-state index < -0.39 is 0 Å². The zero-order chi connectivity index (χ0) is 14.3. The molecule has 5 nitrogen and oxygen atoms in total. The second kappa shape index (κ2) is 4.44. The molecule has 1 aromatic heterocycles. The highest BCUT2D eigenvalue weighted by molar-refractivity contribution is 5.72. The lowest BCUT2D eigenvalue weighted by atomic mass is 9.96. The van der Waals surface area contributed by atoms with Crippen molar-refractivity contribution in [1.82, 2.24) is 9.97 Å². The zero-order valence-electron chi connectivity index (χ0n) is 12.1. The Kier molecular flexibility index (Phi) is 2.85. The van der Waals surface area contributed by atoms with Crippen LogP contribution in [0.4, 0.5) is 0 Å². The molecule has 1 N–H and O–H groups in total. The van der Waals surface area contributed by atoms with Crippen LogP contribution in [0.5, 0.6) is 17.2 Å². The van der Waals surface area contributed by atoms with Gasteiger partial charge in [0.1, 0.15) is 11.6 Å². The summed E-state index contributed by atoms with van der Waals surface area (Å²) in [5, 5.41) is 0. The van der Waals surface area contributed by atoms with Gasteiger partial charge in [0.25, 0.3) is 0 Å². The van der Waals surface area contributed by atoms with Crippen molar-refractivity contribution in [1.29, 1.82) is 0 Å². The number of aromatic amines is 1. The van der Waals surface area contributed by atoms with Crippen LogP contribution in [0.2, 0.25) is 0 Å². The van der Waals surface area contributed by atoms with Crippen molar-refractivity contribution in [3.05, 3.63) is 24.2 Å². The van der Waals surface area contributed by atoms with Crippen LogP contribution in [0.25, 0.3) is 11.3 Å². The van der Waals surface area contributed by atoms with Gasteiger partial charge in [0.2, 0.25) is 6.79 Å². The third-order valence-electron chi connectivity index (χ3n) is 3.27. The number of nitrogens with one attached hydrogen (secondary N) is 1. The van der Waals surface area contributed by atoms with Crippen molar-refractivity contribution in [3.8, 4) is 28.5 Å². The number of hydrogen-bond donors (Lipinski definition) is 1. The summed E-state index contributed by atoms with van der Waals surface area (Å²) >= 11 is 0. The first-order valence-corrected chi connectivity index (χ1v) is 6.52. The van der Waals surface area contributed by atoms with E-state index in [1.165, 1.54) is 0 Å². The average molecular weight is 274 g/mol. The third-order valence-corrected chi connectivity index (χ3v) is 3.27. The normalized spacial score (nSPS) is 13.6. The number of hydrogen-bond acceptors (Lipinski definition) is 4. The fourth-order valence-corrected chi connectivity index (χ4v) is 2.14. The number of aromatic nitrogens is 2. The molecular weight excluding hydrogens is 256 g/mol. The number of imidazole rings is 1. The Balaban J connectivity index is 2.07. The highest BCUT2D eigenvalue weighted by Gasteiger charge is 2.22. The number of ether oxygens (including phenoxy) is 3. The predicted molar refractivity (Wildman–Crippen MR) is 75.4 cm³/mol. The van der Waals surface area contributed by atoms with E-state index in [9.17, 15) is 0 Å². The van der Waals surface area contributed by atoms with Crippen molar-refractivity contribution in [3.63, 3.8) is 0 Å². The second-order valence-electron chi connectivity index (χ2n) is 5.80. The molecule has 3 rings (SSSR count). The second-order valence-corrected chi connectivity index (χ2v) is 5.80. The summed E-state index contributed by atoms with van der Waals surface area (Å²) < 4.78 is 16.2.